The third-order valence-corrected chi connectivity index (χ3v) is 4.65. The molecule has 0 aliphatic rings. The summed E-state index contributed by atoms with van der Waals surface area (Å²) in [4.78, 5) is 13.1. The molecule has 2 nitrogen and oxygen atoms in total. The zero-order chi connectivity index (χ0) is 13.1. The monoisotopic (exact) mass is 324 g/mol. The third kappa shape index (κ3) is 2.65. The summed E-state index contributed by atoms with van der Waals surface area (Å²) in [5.41, 5.74) is 1.70. The molecule has 0 saturated heterocycles. The molecule has 1 aromatic heterocycles. The fourth-order valence-corrected chi connectivity index (χ4v) is 3.13. The van der Waals surface area contributed by atoms with E-state index in [2.05, 4.69) is 15.9 Å². The van der Waals surface area contributed by atoms with Gasteiger partial charge < -0.3 is 4.74 Å². The van der Waals surface area contributed by atoms with Crippen LogP contribution in [0.1, 0.15) is 27.7 Å². The van der Waals surface area contributed by atoms with Crippen molar-refractivity contribution in [3.05, 3.63) is 50.1 Å². The van der Waals surface area contributed by atoms with Crippen molar-refractivity contribution in [2.75, 3.05) is 6.61 Å². The topological polar surface area (TPSA) is 26.3 Å². The van der Waals surface area contributed by atoms with Crippen LogP contribution in [0.25, 0.3) is 0 Å². The highest BCUT2D eigenvalue weighted by Gasteiger charge is 2.17. The zero-order valence-electron chi connectivity index (χ0n) is 10.2. The fraction of sp³-hybridized carbons (Fsp3) is 0.214. The molecular formula is C14H13BrO2S. The van der Waals surface area contributed by atoms with E-state index < -0.39 is 0 Å². The number of hydrogen-bond donors (Lipinski definition) is 0. The van der Waals surface area contributed by atoms with Gasteiger partial charge in [-0.25, -0.2) is 0 Å². The van der Waals surface area contributed by atoms with Gasteiger partial charge in [0.2, 0.25) is 5.78 Å². The summed E-state index contributed by atoms with van der Waals surface area (Å²) in [6.45, 7) is 4.44. The molecule has 4 heteroatoms. The number of rotatable bonds is 4. The predicted octanol–water partition coefficient (Wildman–Crippen LogP) is 4.45. The Morgan fingerprint density at radius 2 is 2.11 bits per heavy atom. The van der Waals surface area contributed by atoms with Crippen LogP contribution in [0.15, 0.2) is 34.1 Å². The fourth-order valence-electron chi connectivity index (χ4n) is 1.64. The summed E-state index contributed by atoms with van der Waals surface area (Å²) in [6.07, 6.45) is 0. The lowest BCUT2D eigenvalue weighted by atomic mass is 10.1. The second kappa shape index (κ2) is 5.67. The molecule has 0 bridgehead atoms. The van der Waals surface area contributed by atoms with E-state index in [1.54, 1.807) is 6.07 Å². The van der Waals surface area contributed by atoms with Gasteiger partial charge in [-0.05, 0) is 53.5 Å². The molecule has 94 valence electrons. The summed E-state index contributed by atoms with van der Waals surface area (Å²) in [5, 5.41) is 0. The van der Waals surface area contributed by atoms with E-state index in [4.69, 9.17) is 4.74 Å². The Morgan fingerprint density at radius 1 is 1.39 bits per heavy atom. The molecule has 18 heavy (non-hydrogen) atoms. The first kappa shape index (κ1) is 13.3. The number of thiophene rings is 1. The quantitative estimate of drug-likeness (QED) is 0.777. The Labute approximate surface area is 119 Å². The molecule has 1 heterocycles. The maximum absolute atomic E-state index is 12.4. The number of ketones is 1. The molecule has 0 N–H and O–H groups in total. The Kier molecular flexibility index (Phi) is 4.19. The Morgan fingerprint density at radius 3 is 2.72 bits per heavy atom. The molecule has 0 aliphatic carbocycles. The van der Waals surface area contributed by atoms with Gasteiger partial charge in [0.15, 0.2) is 0 Å². The van der Waals surface area contributed by atoms with E-state index in [1.807, 2.05) is 38.1 Å². The highest BCUT2D eigenvalue weighted by atomic mass is 79.9. The van der Waals surface area contributed by atoms with Crippen molar-refractivity contribution < 1.29 is 9.53 Å². The normalized spacial score (nSPS) is 10.4. The summed E-state index contributed by atoms with van der Waals surface area (Å²) >= 11 is 4.90. The lowest BCUT2D eigenvalue weighted by Crippen LogP contribution is -2.03. The third-order valence-electron chi connectivity index (χ3n) is 2.51. The molecule has 0 fully saturated rings. The number of ether oxygens (including phenoxy) is 1. The van der Waals surface area contributed by atoms with E-state index in [0.29, 0.717) is 17.9 Å². The van der Waals surface area contributed by atoms with Gasteiger partial charge in [0.25, 0.3) is 0 Å². The number of benzene rings is 1. The van der Waals surface area contributed by atoms with Gasteiger partial charge >= 0.3 is 0 Å². The summed E-state index contributed by atoms with van der Waals surface area (Å²) in [5.74, 6) is 0.657. The highest BCUT2D eigenvalue weighted by molar-refractivity contribution is 9.11. The van der Waals surface area contributed by atoms with Crippen LogP contribution in [0.3, 0.4) is 0 Å². The minimum Gasteiger partial charge on any atom is -0.493 e. The lowest BCUT2D eigenvalue weighted by Gasteiger charge is -2.07. The van der Waals surface area contributed by atoms with E-state index in [1.165, 1.54) is 11.3 Å². The van der Waals surface area contributed by atoms with Crippen molar-refractivity contribution in [3.63, 3.8) is 0 Å². The maximum Gasteiger partial charge on any atom is 0.206 e. The smallest absolute Gasteiger partial charge is 0.206 e. The van der Waals surface area contributed by atoms with Crippen molar-refractivity contribution >= 4 is 33.0 Å². The standard InChI is InChI=1S/C14H13BrO2S/c1-3-17-11-7-5-4-6-10(11)13(16)12-8-9(2)14(15)18-12/h4-8H,3H2,1-2H3. The first-order valence-corrected chi connectivity index (χ1v) is 7.27. The summed E-state index contributed by atoms with van der Waals surface area (Å²) in [7, 11) is 0. The molecule has 0 aliphatic heterocycles. The molecule has 0 amide bonds. The van der Waals surface area contributed by atoms with Crippen LogP contribution in [0.2, 0.25) is 0 Å². The van der Waals surface area contributed by atoms with Crippen LogP contribution < -0.4 is 4.74 Å². The van der Waals surface area contributed by atoms with E-state index >= 15 is 0 Å². The molecule has 1 aromatic carbocycles. The molecule has 0 atom stereocenters. The minimum atomic E-state index is 0.0119. The highest BCUT2D eigenvalue weighted by Crippen LogP contribution is 2.31. The van der Waals surface area contributed by atoms with Crippen LogP contribution in [0.4, 0.5) is 0 Å². The summed E-state index contributed by atoms with van der Waals surface area (Å²) < 4.78 is 6.49. The molecule has 2 rings (SSSR count). The Bertz CT molecular complexity index is 555. The van der Waals surface area contributed by atoms with Crippen molar-refractivity contribution in [2.24, 2.45) is 0 Å². The van der Waals surface area contributed by atoms with Crippen molar-refractivity contribution in [2.45, 2.75) is 13.8 Å². The number of aryl methyl sites for hydroxylation is 1. The van der Waals surface area contributed by atoms with Crippen LogP contribution in [-0.4, -0.2) is 12.4 Å². The SMILES string of the molecule is CCOc1ccccc1C(=O)c1cc(C)c(Br)s1. The Hall–Kier alpha value is -1.13. The van der Waals surface area contributed by atoms with Gasteiger partial charge in [-0.2, -0.15) is 0 Å². The van der Waals surface area contributed by atoms with E-state index in [-0.39, 0.29) is 5.78 Å². The number of hydrogen-bond acceptors (Lipinski definition) is 3. The molecule has 0 unspecified atom stereocenters. The molecule has 0 radical (unpaired) electrons. The minimum absolute atomic E-state index is 0.0119. The number of carbonyl (C=O) groups is 1. The van der Waals surface area contributed by atoms with Gasteiger partial charge in [0.1, 0.15) is 5.75 Å². The molecular weight excluding hydrogens is 312 g/mol. The van der Waals surface area contributed by atoms with Gasteiger partial charge in [-0.15, -0.1) is 11.3 Å². The molecule has 0 spiro atoms. The number of halogens is 1. The molecule has 0 saturated carbocycles. The predicted molar refractivity (Wildman–Crippen MR) is 77.8 cm³/mol. The van der Waals surface area contributed by atoms with Gasteiger partial charge in [0.05, 0.1) is 20.8 Å². The van der Waals surface area contributed by atoms with Crippen LogP contribution in [0, 0.1) is 6.92 Å². The first-order chi connectivity index (χ1) is 8.63. The van der Waals surface area contributed by atoms with Crippen molar-refractivity contribution in [3.8, 4) is 5.75 Å². The average Bonchev–Trinajstić information content (AvgIpc) is 2.70. The largest absolute Gasteiger partial charge is 0.493 e. The second-order valence-electron chi connectivity index (χ2n) is 3.83. The van der Waals surface area contributed by atoms with Crippen LogP contribution >= 0.6 is 27.3 Å². The van der Waals surface area contributed by atoms with Gasteiger partial charge in [-0.3, -0.25) is 4.79 Å². The van der Waals surface area contributed by atoms with E-state index in [0.717, 1.165) is 14.2 Å². The lowest BCUT2D eigenvalue weighted by molar-refractivity contribution is 0.103. The van der Waals surface area contributed by atoms with Gasteiger partial charge in [-0.1, -0.05) is 12.1 Å². The van der Waals surface area contributed by atoms with Crippen molar-refractivity contribution in [1.29, 1.82) is 0 Å². The number of carbonyl (C=O) groups excluding carboxylic acids is 1. The summed E-state index contributed by atoms with van der Waals surface area (Å²) in [6, 6.07) is 9.25. The second-order valence-corrected chi connectivity index (χ2v) is 6.20. The van der Waals surface area contributed by atoms with E-state index in [9.17, 15) is 4.79 Å². The number of para-hydroxylation sites is 1. The maximum atomic E-state index is 12.4. The van der Waals surface area contributed by atoms with Crippen LogP contribution in [-0.2, 0) is 0 Å². The van der Waals surface area contributed by atoms with Crippen LogP contribution in [0.5, 0.6) is 5.75 Å². The molecule has 2 aromatic rings. The zero-order valence-corrected chi connectivity index (χ0v) is 12.6. The van der Waals surface area contributed by atoms with Gasteiger partial charge in [0, 0.05) is 0 Å². The first-order valence-electron chi connectivity index (χ1n) is 5.66. The van der Waals surface area contributed by atoms with Crippen molar-refractivity contribution in [1.82, 2.24) is 0 Å². The average molecular weight is 325 g/mol. The Balaban J connectivity index is 2.39.